The number of nitrogens with two attached hydrogens (primary N) is 1. The van der Waals surface area contributed by atoms with Crippen molar-refractivity contribution in [3.8, 4) is 32.6 Å². The number of hydrogen-bond donors (Lipinski definition) is 2. The van der Waals surface area contributed by atoms with Gasteiger partial charge in [0, 0.05) is 17.2 Å². The first-order valence-corrected chi connectivity index (χ1v) is 11.1. The highest BCUT2D eigenvalue weighted by Gasteiger charge is 2.18. The second-order valence-corrected chi connectivity index (χ2v) is 8.99. The molecule has 6 nitrogen and oxygen atoms in total. The van der Waals surface area contributed by atoms with Crippen LogP contribution in [-0.2, 0) is 0 Å². The molecule has 2 atom stereocenters. The number of benzene rings is 2. The van der Waals surface area contributed by atoms with Crippen LogP contribution in [0.3, 0.4) is 0 Å². The third kappa shape index (κ3) is 5.84. The molecule has 0 spiro atoms. The van der Waals surface area contributed by atoms with Gasteiger partial charge in [-0.3, -0.25) is 0 Å². The van der Waals surface area contributed by atoms with Crippen LogP contribution in [0.5, 0.6) is 11.5 Å². The van der Waals surface area contributed by atoms with Crippen molar-refractivity contribution in [1.29, 1.82) is 0 Å². The number of rotatable bonds is 8. The summed E-state index contributed by atoms with van der Waals surface area (Å²) in [5, 5.41) is 19.5. The molecule has 1 heterocycles. The lowest BCUT2D eigenvalue weighted by molar-refractivity contribution is 0.129. The van der Waals surface area contributed by atoms with E-state index in [1.807, 2.05) is 19.9 Å². The molecule has 3 aromatic rings. The molecule has 0 radical (unpaired) electrons. The minimum atomic E-state index is -0.780. The topological polar surface area (TPSA) is 90.5 Å². The molecule has 166 valence electrons. The van der Waals surface area contributed by atoms with Crippen LogP contribution < -0.4 is 15.2 Å². The molecule has 2 aromatic carbocycles. The Kier molecular flexibility index (Phi) is 7.72. The number of nitrogens with zero attached hydrogens (tertiary/aromatic N) is 2. The zero-order valence-electron chi connectivity index (χ0n) is 17.1. The Labute approximate surface area is 193 Å². The molecule has 0 aliphatic carbocycles. The normalized spacial score (nSPS) is 13.3. The average Bonchev–Trinajstić information content (AvgIpc) is 3.19. The summed E-state index contributed by atoms with van der Waals surface area (Å²) in [6.45, 7) is 5.32. The largest absolute Gasteiger partial charge is 0.489 e. The maximum absolute atomic E-state index is 14.5. The molecule has 31 heavy (non-hydrogen) atoms. The van der Waals surface area contributed by atoms with Crippen LogP contribution in [0.1, 0.15) is 20.8 Å². The average molecular weight is 486 g/mol. The molecule has 0 aliphatic heterocycles. The molecule has 3 rings (SSSR count). The van der Waals surface area contributed by atoms with Gasteiger partial charge in [0.1, 0.15) is 22.4 Å². The first kappa shape index (κ1) is 23.7. The molecular weight excluding hydrogens is 464 g/mol. The summed E-state index contributed by atoms with van der Waals surface area (Å²) in [6.07, 6.45) is -0.777. The SMILES string of the molecule is CC(C)Oc1ccc(-c2nnc(-c3cc(F)c(OCC(N)C(C)O)cc3Cl)s2)cc1Cl. The second-order valence-electron chi connectivity index (χ2n) is 7.20. The first-order chi connectivity index (χ1) is 14.7. The van der Waals surface area contributed by atoms with Crippen molar-refractivity contribution in [2.75, 3.05) is 6.61 Å². The Balaban J connectivity index is 1.82. The van der Waals surface area contributed by atoms with E-state index in [1.165, 1.54) is 30.4 Å². The van der Waals surface area contributed by atoms with Gasteiger partial charge in [-0.25, -0.2) is 4.39 Å². The van der Waals surface area contributed by atoms with E-state index in [9.17, 15) is 9.50 Å². The highest BCUT2D eigenvalue weighted by atomic mass is 35.5. The molecule has 10 heteroatoms. The fraction of sp³-hybridized carbons (Fsp3) is 0.333. The molecular formula is C21H22Cl2FN3O3S. The van der Waals surface area contributed by atoms with Crippen molar-refractivity contribution >= 4 is 34.5 Å². The van der Waals surface area contributed by atoms with Gasteiger partial charge in [0.15, 0.2) is 11.6 Å². The van der Waals surface area contributed by atoms with Crippen LogP contribution in [0.2, 0.25) is 10.0 Å². The highest BCUT2D eigenvalue weighted by Crippen LogP contribution is 2.38. The van der Waals surface area contributed by atoms with E-state index in [0.29, 0.717) is 26.4 Å². The maximum Gasteiger partial charge on any atom is 0.165 e. The van der Waals surface area contributed by atoms with Gasteiger partial charge < -0.3 is 20.3 Å². The molecule has 0 saturated carbocycles. The van der Waals surface area contributed by atoms with Crippen molar-refractivity contribution in [3.63, 3.8) is 0 Å². The molecule has 0 saturated heterocycles. The van der Waals surface area contributed by atoms with Crippen LogP contribution >= 0.6 is 34.5 Å². The van der Waals surface area contributed by atoms with Crippen LogP contribution in [0.25, 0.3) is 21.1 Å². The van der Waals surface area contributed by atoms with Gasteiger partial charge in [-0.2, -0.15) is 0 Å². The van der Waals surface area contributed by atoms with Crippen molar-refractivity contribution in [3.05, 3.63) is 46.2 Å². The summed E-state index contributed by atoms with van der Waals surface area (Å²) >= 11 is 13.9. The third-order valence-corrected chi connectivity index (χ3v) is 5.88. The van der Waals surface area contributed by atoms with Gasteiger partial charge >= 0.3 is 0 Å². The lowest BCUT2D eigenvalue weighted by Gasteiger charge is -2.16. The van der Waals surface area contributed by atoms with Crippen LogP contribution in [0.15, 0.2) is 30.3 Å². The second kappa shape index (κ2) is 10.1. The lowest BCUT2D eigenvalue weighted by atomic mass is 10.2. The Morgan fingerprint density at radius 2 is 1.77 bits per heavy atom. The Morgan fingerprint density at radius 1 is 1.06 bits per heavy atom. The van der Waals surface area contributed by atoms with E-state index >= 15 is 0 Å². The van der Waals surface area contributed by atoms with Gasteiger partial charge in [0.05, 0.1) is 28.3 Å². The van der Waals surface area contributed by atoms with Gasteiger partial charge in [0.2, 0.25) is 0 Å². The number of aliphatic hydroxyl groups excluding tert-OH is 1. The zero-order chi connectivity index (χ0) is 22.7. The van der Waals surface area contributed by atoms with E-state index < -0.39 is 18.0 Å². The summed E-state index contributed by atoms with van der Waals surface area (Å²) in [6, 6.07) is 7.30. The number of hydrogen-bond acceptors (Lipinski definition) is 7. The van der Waals surface area contributed by atoms with E-state index in [4.69, 9.17) is 38.4 Å². The number of ether oxygens (including phenoxy) is 2. The quantitative estimate of drug-likeness (QED) is 0.456. The summed E-state index contributed by atoms with van der Waals surface area (Å²) in [5.41, 5.74) is 6.86. The smallest absolute Gasteiger partial charge is 0.165 e. The summed E-state index contributed by atoms with van der Waals surface area (Å²) in [7, 11) is 0. The van der Waals surface area contributed by atoms with Crippen LogP contribution in [0, 0.1) is 5.82 Å². The number of aromatic nitrogens is 2. The molecule has 0 amide bonds. The standard InChI is InChI=1S/C21H22Cl2FN3O3S/c1-10(2)30-18-5-4-12(6-15(18)23)20-26-27-21(31-20)13-7-16(24)19(8-14(13)22)29-9-17(25)11(3)28/h4-8,10-11,17,28H,9,25H2,1-3H3. The highest BCUT2D eigenvalue weighted by molar-refractivity contribution is 7.18. The van der Waals surface area contributed by atoms with Gasteiger partial charge in [-0.1, -0.05) is 34.5 Å². The molecule has 0 aliphatic rings. The number of aliphatic hydroxyl groups is 1. The van der Waals surface area contributed by atoms with Gasteiger partial charge in [-0.05, 0) is 45.0 Å². The van der Waals surface area contributed by atoms with Crippen molar-refractivity contribution in [2.24, 2.45) is 5.73 Å². The Bertz CT molecular complexity index is 1060. The predicted octanol–water partition coefficient (Wildman–Crippen LogP) is 5.19. The molecule has 0 fully saturated rings. The predicted molar refractivity (Wildman–Crippen MR) is 122 cm³/mol. The molecule has 2 unspecified atom stereocenters. The van der Waals surface area contributed by atoms with E-state index in [2.05, 4.69) is 10.2 Å². The van der Waals surface area contributed by atoms with E-state index in [-0.39, 0.29) is 23.5 Å². The Hall–Kier alpha value is -1.97. The van der Waals surface area contributed by atoms with Gasteiger partial charge in [0.25, 0.3) is 0 Å². The summed E-state index contributed by atoms with van der Waals surface area (Å²) in [4.78, 5) is 0. The minimum absolute atomic E-state index is 0.00301. The van der Waals surface area contributed by atoms with Crippen molar-refractivity contribution < 1.29 is 19.0 Å². The fourth-order valence-electron chi connectivity index (χ4n) is 2.56. The Morgan fingerprint density at radius 3 is 2.42 bits per heavy atom. The maximum atomic E-state index is 14.5. The van der Waals surface area contributed by atoms with Crippen molar-refractivity contribution in [2.45, 2.75) is 39.0 Å². The lowest BCUT2D eigenvalue weighted by Crippen LogP contribution is -2.38. The van der Waals surface area contributed by atoms with Gasteiger partial charge in [-0.15, -0.1) is 10.2 Å². The first-order valence-electron chi connectivity index (χ1n) is 9.51. The zero-order valence-corrected chi connectivity index (χ0v) is 19.4. The summed E-state index contributed by atoms with van der Waals surface area (Å²) < 4.78 is 25.5. The van der Waals surface area contributed by atoms with Crippen LogP contribution in [-0.4, -0.2) is 40.2 Å². The monoisotopic (exact) mass is 485 g/mol. The van der Waals surface area contributed by atoms with E-state index in [0.717, 1.165) is 5.56 Å². The van der Waals surface area contributed by atoms with Crippen molar-refractivity contribution in [1.82, 2.24) is 10.2 Å². The summed E-state index contributed by atoms with van der Waals surface area (Å²) in [5.74, 6) is -0.0875. The molecule has 1 aromatic heterocycles. The molecule has 0 bridgehead atoms. The minimum Gasteiger partial charge on any atom is -0.489 e. The molecule has 3 N–H and O–H groups in total. The third-order valence-electron chi connectivity index (χ3n) is 4.27. The van der Waals surface area contributed by atoms with E-state index in [1.54, 1.807) is 12.1 Å². The van der Waals surface area contributed by atoms with Crippen LogP contribution in [0.4, 0.5) is 4.39 Å². The fourth-order valence-corrected chi connectivity index (χ4v) is 3.95. The number of halogens is 3.